The molecule has 0 saturated heterocycles. The van der Waals surface area contributed by atoms with Crippen LogP contribution in [0.5, 0.6) is 0 Å². The number of carbonyl (C=O) groups is 3. The Labute approximate surface area is 489 Å². The molecule has 0 aromatic heterocycles. The molecule has 0 fully saturated rings. The van der Waals surface area contributed by atoms with E-state index in [-0.39, 0.29) is 31.1 Å². The molecule has 0 aliphatic rings. The number of hydrogen-bond acceptors (Lipinski definition) is 6. The van der Waals surface area contributed by atoms with Gasteiger partial charge in [-0.15, -0.1) is 0 Å². The highest BCUT2D eigenvalue weighted by molar-refractivity contribution is 5.71. The van der Waals surface area contributed by atoms with E-state index in [2.05, 4.69) is 130 Å². The Bertz CT molecular complexity index is 1590. The van der Waals surface area contributed by atoms with Crippen LogP contribution < -0.4 is 0 Å². The second-order valence-corrected chi connectivity index (χ2v) is 22.0. The number of ether oxygens (including phenoxy) is 3. The van der Waals surface area contributed by atoms with Gasteiger partial charge in [0, 0.05) is 19.3 Å². The van der Waals surface area contributed by atoms with Gasteiger partial charge in [0.15, 0.2) is 6.10 Å². The van der Waals surface area contributed by atoms with Crippen molar-refractivity contribution in [3.63, 3.8) is 0 Å². The first-order valence-corrected chi connectivity index (χ1v) is 33.4. The van der Waals surface area contributed by atoms with E-state index in [1.807, 2.05) is 0 Å². The third-order valence-corrected chi connectivity index (χ3v) is 14.3. The van der Waals surface area contributed by atoms with Crippen LogP contribution in [0.3, 0.4) is 0 Å². The standard InChI is InChI=1S/C73H124O6/c1-4-7-10-13-16-19-22-24-26-27-28-29-30-31-32-33-34-35-36-37-38-39-40-41-42-43-44-45-47-48-51-54-57-60-63-66-72(75)78-69-70(68-77-71(74)65-62-59-56-53-50-21-18-15-12-9-6-3)79-73(76)67-64-61-58-55-52-49-46-25-23-20-17-14-11-8-5-2/h7,10,16-17,19-20,24-26,28-29,31-32,34-35,37-38,46,70H,4-6,8-9,11-15,18,21-23,27,30,33,36,39-45,47-69H2,1-3H3/b10-7-,19-16-,20-17-,26-24-,29-28-,32-31-,35-34-,38-37-,46-25-. The van der Waals surface area contributed by atoms with Gasteiger partial charge < -0.3 is 14.2 Å². The van der Waals surface area contributed by atoms with Crippen molar-refractivity contribution >= 4 is 17.9 Å². The van der Waals surface area contributed by atoms with Gasteiger partial charge in [0.2, 0.25) is 0 Å². The predicted octanol–water partition coefficient (Wildman–Crippen LogP) is 23.0. The highest BCUT2D eigenvalue weighted by atomic mass is 16.6. The molecule has 6 nitrogen and oxygen atoms in total. The summed E-state index contributed by atoms with van der Waals surface area (Å²) in [6.45, 7) is 6.50. The summed E-state index contributed by atoms with van der Waals surface area (Å²) >= 11 is 0. The van der Waals surface area contributed by atoms with Crippen LogP contribution in [0.1, 0.15) is 316 Å². The van der Waals surface area contributed by atoms with E-state index in [1.165, 1.54) is 148 Å². The molecule has 1 unspecified atom stereocenters. The first kappa shape index (κ1) is 75.1. The fourth-order valence-electron chi connectivity index (χ4n) is 9.28. The minimum atomic E-state index is -0.784. The number of rotatable bonds is 60. The zero-order valence-corrected chi connectivity index (χ0v) is 51.9. The van der Waals surface area contributed by atoms with Gasteiger partial charge in [-0.25, -0.2) is 0 Å². The van der Waals surface area contributed by atoms with E-state index in [0.29, 0.717) is 19.3 Å². The first-order valence-electron chi connectivity index (χ1n) is 33.4. The Morgan fingerprint density at radius 1 is 0.266 bits per heavy atom. The van der Waals surface area contributed by atoms with Crippen molar-refractivity contribution in [3.8, 4) is 0 Å². The largest absolute Gasteiger partial charge is 0.462 e. The normalized spacial score (nSPS) is 12.8. The molecular weight excluding hydrogens is 973 g/mol. The summed E-state index contributed by atoms with van der Waals surface area (Å²) in [5.41, 5.74) is 0. The molecule has 0 spiro atoms. The second-order valence-electron chi connectivity index (χ2n) is 22.0. The fourth-order valence-corrected chi connectivity index (χ4v) is 9.28. The summed E-state index contributed by atoms with van der Waals surface area (Å²) in [7, 11) is 0. The molecule has 0 amide bonds. The van der Waals surface area contributed by atoms with Crippen LogP contribution in [0.4, 0.5) is 0 Å². The molecule has 0 aromatic carbocycles. The molecule has 452 valence electrons. The summed E-state index contributed by atoms with van der Waals surface area (Å²) in [5.74, 6) is -0.887. The third-order valence-electron chi connectivity index (χ3n) is 14.3. The van der Waals surface area contributed by atoms with Crippen LogP contribution in [0.15, 0.2) is 109 Å². The number of allylic oxidation sites excluding steroid dienone is 18. The van der Waals surface area contributed by atoms with Gasteiger partial charge in [-0.05, 0) is 109 Å². The Morgan fingerprint density at radius 2 is 0.494 bits per heavy atom. The van der Waals surface area contributed by atoms with Crippen molar-refractivity contribution < 1.29 is 28.6 Å². The zero-order chi connectivity index (χ0) is 57.1. The van der Waals surface area contributed by atoms with Crippen LogP contribution in [-0.2, 0) is 28.6 Å². The lowest BCUT2D eigenvalue weighted by Gasteiger charge is -2.18. The zero-order valence-electron chi connectivity index (χ0n) is 51.9. The maximum Gasteiger partial charge on any atom is 0.306 e. The molecule has 0 heterocycles. The minimum absolute atomic E-state index is 0.0802. The molecule has 0 aromatic rings. The molecule has 0 bridgehead atoms. The Kier molecular flexibility index (Phi) is 63.3. The maximum atomic E-state index is 12.9. The monoisotopic (exact) mass is 1100 g/mol. The van der Waals surface area contributed by atoms with Crippen molar-refractivity contribution in [1.29, 1.82) is 0 Å². The number of carbonyl (C=O) groups excluding carboxylic acids is 3. The van der Waals surface area contributed by atoms with E-state index in [1.54, 1.807) is 0 Å². The Balaban J connectivity index is 4.15. The SMILES string of the molecule is CC/C=C\C/C=C\C/C=C\C/C=C\C/C=C\C/C=C\C/C=C\CCCCCCCCCCCCCCCC(=O)OCC(COC(=O)CCCCCCCCCCCCC)OC(=O)CCCCCCC/C=C\C/C=C\CCCCC. The minimum Gasteiger partial charge on any atom is -0.462 e. The predicted molar refractivity (Wildman–Crippen MR) is 343 cm³/mol. The average Bonchev–Trinajstić information content (AvgIpc) is 3.45. The maximum absolute atomic E-state index is 12.9. The average molecular weight is 1100 g/mol. The van der Waals surface area contributed by atoms with Gasteiger partial charge in [0.1, 0.15) is 13.2 Å². The summed E-state index contributed by atoms with van der Waals surface area (Å²) in [5, 5.41) is 0. The number of esters is 3. The molecule has 0 aliphatic carbocycles. The third kappa shape index (κ3) is 64.8. The Morgan fingerprint density at radius 3 is 0.797 bits per heavy atom. The van der Waals surface area contributed by atoms with Crippen molar-refractivity contribution in [2.45, 2.75) is 322 Å². The number of unbranched alkanes of at least 4 members (excludes halogenated alkanes) is 31. The van der Waals surface area contributed by atoms with E-state index >= 15 is 0 Å². The molecule has 0 aliphatic heterocycles. The van der Waals surface area contributed by atoms with E-state index in [4.69, 9.17) is 14.2 Å². The lowest BCUT2D eigenvalue weighted by atomic mass is 10.0. The topological polar surface area (TPSA) is 78.9 Å². The molecule has 0 saturated carbocycles. The summed E-state index contributed by atoms with van der Waals surface area (Å²) in [4.78, 5) is 38.2. The highest BCUT2D eigenvalue weighted by Crippen LogP contribution is 2.16. The van der Waals surface area contributed by atoms with Crippen LogP contribution >= 0.6 is 0 Å². The van der Waals surface area contributed by atoms with Gasteiger partial charge >= 0.3 is 17.9 Å². The summed E-state index contributed by atoms with van der Waals surface area (Å²) in [6.07, 6.45) is 91.1. The van der Waals surface area contributed by atoms with Crippen molar-refractivity contribution in [3.05, 3.63) is 109 Å². The van der Waals surface area contributed by atoms with Crippen LogP contribution in [0.2, 0.25) is 0 Å². The van der Waals surface area contributed by atoms with Crippen molar-refractivity contribution in [2.24, 2.45) is 0 Å². The summed E-state index contributed by atoms with van der Waals surface area (Å²) in [6, 6.07) is 0. The Hall–Kier alpha value is -3.93. The van der Waals surface area contributed by atoms with E-state index in [0.717, 1.165) is 128 Å². The van der Waals surface area contributed by atoms with Crippen LogP contribution in [0.25, 0.3) is 0 Å². The first-order chi connectivity index (χ1) is 39.0. The molecule has 0 rings (SSSR count). The highest BCUT2D eigenvalue weighted by Gasteiger charge is 2.19. The molecule has 6 heteroatoms. The van der Waals surface area contributed by atoms with Gasteiger partial charge in [-0.3, -0.25) is 14.4 Å². The second kappa shape index (κ2) is 66.6. The van der Waals surface area contributed by atoms with Gasteiger partial charge in [0.05, 0.1) is 0 Å². The van der Waals surface area contributed by atoms with Gasteiger partial charge in [0.25, 0.3) is 0 Å². The lowest BCUT2D eigenvalue weighted by molar-refractivity contribution is -0.167. The van der Waals surface area contributed by atoms with Gasteiger partial charge in [-0.2, -0.15) is 0 Å². The smallest absolute Gasteiger partial charge is 0.306 e. The molecular formula is C73H124O6. The molecule has 1 atom stereocenters. The van der Waals surface area contributed by atoms with Crippen molar-refractivity contribution in [1.82, 2.24) is 0 Å². The number of hydrogen-bond donors (Lipinski definition) is 0. The molecule has 0 radical (unpaired) electrons. The molecule has 0 N–H and O–H groups in total. The summed E-state index contributed by atoms with van der Waals surface area (Å²) < 4.78 is 16.9. The fraction of sp³-hybridized carbons (Fsp3) is 0.712. The van der Waals surface area contributed by atoms with E-state index < -0.39 is 6.10 Å². The quantitative estimate of drug-likeness (QED) is 0.0261. The van der Waals surface area contributed by atoms with Crippen molar-refractivity contribution in [2.75, 3.05) is 13.2 Å². The molecule has 79 heavy (non-hydrogen) atoms. The van der Waals surface area contributed by atoms with Gasteiger partial charge in [-0.1, -0.05) is 297 Å². The van der Waals surface area contributed by atoms with Crippen LogP contribution in [-0.4, -0.2) is 37.2 Å². The van der Waals surface area contributed by atoms with Crippen LogP contribution in [0, 0.1) is 0 Å². The van der Waals surface area contributed by atoms with E-state index in [9.17, 15) is 14.4 Å². The lowest BCUT2D eigenvalue weighted by Crippen LogP contribution is -2.30.